The normalized spacial score (nSPS) is 13.4. The second kappa shape index (κ2) is 5.51. The summed E-state index contributed by atoms with van der Waals surface area (Å²) in [5.41, 5.74) is 6.70. The fourth-order valence-corrected chi connectivity index (χ4v) is 1.02. The van der Waals surface area contributed by atoms with E-state index in [1.807, 2.05) is 42.5 Å². The Bertz CT molecular complexity index is 256. The van der Waals surface area contributed by atoms with Crippen LogP contribution in [0.4, 0.5) is 0 Å². The number of hydrogen-bond acceptors (Lipinski definition) is 2. The molecule has 0 heterocycles. The molecule has 2 nitrogen and oxygen atoms in total. The van der Waals surface area contributed by atoms with Gasteiger partial charge in [0.2, 0.25) is 0 Å². The maximum atomic E-state index is 8.67. The average Bonchev–Trinajstić information content (AvgIpc) is 2.19. The first-order chi connectivity index (χ1) is 6.33. The molecule has 13 heavy (non-hydrogen) atoms. The van der Waals surface area contributed by atoms with Crippen LogP contribution in [0.25, 0.3) is 6.08 Å². The first kappa shape index (κ1) is 9.96. The van der Waals surface area contributed by atoms with E-state index in [-0.39, 0.29) is 12.6 Å². The van der Waals surface area contributed by atoms with Crippen molar-refractivity contribution in [3.05, 3.63) is 42.0 Å². The minimum Gasteiger partial charge on any atom is -0.395 e. The van der Waals surface area contributed by atoms with Crippen molar-refractivity contribution in [3.63, 3.8) is 0 Å². The van der Waals surface area contributed by atoms with Crippen molar-refractivity contribution >= 4 is 6.08 Å². The van der Waals surface area contributed by atoms with Crippen LogP contribution >= 0.6 is 0 Å². The Morgan fingerprint density at radius 3 is 2.62 bits per heavy atom. The van der Waals surface area contributed by atoms with Gasteiger partial charge in [0.15, 0.2) is 0 Å². The van der Waals surface area contributed by atoms with Gasteiger partial charge in [-0.05, 0) is 12.0 Å². The fourth-order valence-electron chi connectivity index (χ4n) is 1.02. The number of aliphatic hydroxyl groups excluding tert-OH is 1. The standard InChI is InChI=1S/C11H15NO/c12-11(9-13)8-4-7-10-5-2-1-3-6-10/h1-7,11,13H,8-9,12H2/b7-4+. The van der Waals surface area contributed by atoms with E-state index >= 15 is 0 Å². The summed E-state index contributed by atoms with van der Waals surface area (Å²) >= 11 is 0. The Labute approximate surface area is 78.7 Å². The molecule has 0 spiro atoms. The predicted octanol–water partition coefficient (Wildman–Crippen LogP) is 1.41. The van der Waals surface area contributed by atoms with Crippen LogP contribution < -0.4 is 5.73 Å². The summed E-state index contributed by atoms with van der Waals surface area (Å²) in [6, 6.07) is 9.88. The highest BCUT2D eigenvalue weighted by molar-refractivity contribution is 5.48. The highest BCUT2D eigenvalue weighted by atomic mass is 16.3. The van der Waals surface area contributed by atoms with Gasteiger partial charge in [-0.1, -0.05) is 42.5 Å². The molecule has 0 saturated heterocycles. The molecule has 1 aromatic carbocycles. The summed E-state index contributed by atoms with van der Waals surface area (Å²) in [5.74, 6) is 0. The van der Waals surface area contributed by atoms with Gasteiger partial charge < -0.3 is 10.8 Å². The van der Waals surface area contributed by atoms with Gasteiger partial charge in [0, 0.05) is 6.04 Å². The second-order valence-corrected chi connectivity index (χ2v) is 2.99. The van der Waals surface area contributed by atoms with Crippen molar-refractivity contribution in [1.82, 2.24) is 0 Å². The van der Waals surface area contributed by atoms with Crippen LogP contribution in [0.2, 0.25) is 0 Å². The number of rotatable bonds is 4. The van der Waals surface area contributed by atoms with Crippen molar-refractivity contribution < 1.29 is 5.11 Å². The van der Waals surface area contributed by atoms with Gasteiger partial charge in [-0.15, -0.1) is 0 Å². The zero-order chi connectivity index (χ0) is 9.52. The van der Waals surface area contributed by atoms with Gasteiger partial charge in [0.05, 0.1) is 6.61 Å². The third-order valence-corrected chi connectivity index (χ3v) is 1.78. The quantitative estimate of drug-likeness (QED) is 0.730. The predicted molar refractivity (Wildman–Crippen MR) is 55.2 cm³/mol. The summed E-state index contributed by atoms with van der Waals surface area (Å²) in [4.78, 5) is 0. The largest absolute Gasteiger partial charge is 0.395 e. The SMILES string of the molecule is NC(CO)C/C=C/c1ccccc1. The Morgan fingerprint density at radius 2 is 2.00 bits per heavy atom. The second-order valence-electron chi connectivity index (χ2n) is 2.99. The van der Waals surface area contributed by atoms with Crippen molar-refractivity contribution in [3.8, 4) is 0 Å². The molecule has 0 saturated carbocycles. The van der Waals surface area contributed by atoms with E-state index in [2.05, 4.69) is 0 Å². The first-order valence-electron chi connectivity index (χ1n) is 4.41. The monoisotopic (exact) mass is 177 g/mol. The van der Waals surface area contributed by atoms with Crippen LogP contribution in [-0.2, 0) is 0 Å². The summed E-state index contributed by atoms with van der Waals surface area (Å²) in [6.45, 7) is 0.0408. The third kappa shape index (κ3) is 3.87. The number of benzene rings is 1. The van der Waals surface area contributed by atoms with Crippen molar-refractivity contribution in [2.24, 2.45) is 5.73 Å². The topological polar surface area (TPSA) is 46.2 Å². The minimum absolute atomic E-state index is 0.0408. The maximum absolute atomic E-state index is 8.67. The Hall–Kier alpha value is -1.12. The zero-order valence-electron chi connectivity index (χ0n) is 7.56. The highest BCUT2D eigenvalue weighted by Crippen LogP contribution is 2.02. The van der Waals surface area contributed by atoms with E-state index in [1.165, 1.54) is 0 Å². The van der Waals surface area contributed by atoms with Gasteiger partial charge in [0.1, 0.15) is 0 Å². The summed E-state index contributed by atoms with van der Waals surface area (Å²) in [5, 5.41) is 8.67. The molecule has 0 aliphatic carbocycles. The Balaban J connectivity index is 2.41. The van der Waals surface area contributed by atoms with Crippen LogP contribution in [0, 0.1) is 0 Å². The number of hydrogen-bond donors (Lipinski definition) is 2. The molecule has 0 aromatic heterocycles. The van der Waals surface area contributed by atoms with Gasteiger partial charge in [-0.25, -0.2) is 0 Å². The van der Waals surface area contributed by atoms with Crippen LogP contribution in [0.5, 0.6) is 0 Å². The fraction of sp³-hybridized carbons (Fsp3) is 0.273. The van der Waals surface area contributed by atoms with Gasteiger partial charge in [0.25, 0.3) is 0 Å². The van der Waals surface area contributed by atoms with E-state index in [0.717, 1.165) is 5.56 Å². The number of nitrogens with two attached hydrogens (primary N) is 1. The lowest BCUT2D eigenvalue weighted by Gasteiger charge is -2.01. The molecule has 0 amide bonds. The van der Waals surface area contributed by atoms with Crippen molar-refractivity contribution in [1.29, 1.82) is 0 Å². The molecular formula is C11H15NO. The molecule has 1 aromatic rings. The molecule has 70 valence electrons. The molecule has 0 fully saturated rings. The van der Waals surface area contributed by atoms with Crippen LogP contribution in [0.1, 0.15) is 12.0 Å². The van der Waals surface area contributed by atoms with Crippen LogP contribution in [0.15, 0.2) is 36.4 Å². The zero-order valence-corrected chi connectivity index (χ0v) is 7.56. The van der Waals surface area contributed by atoms with Gasteiger partial charge >= 0.3 is 0 Å². The summed E-state index contributed by atoms with van der Waals surface area (Å²) in [7, 11) is 0. The number of aliphatic hydroxyl groups is 1. The van der Waals surface area contributed by atoms with E-state index in [1.54, 1.807) is 0 Å². The molecule has 1 rings (SSSR count). The lowest BCUT2D eigenvalue weighted by atomic mass is 10.1. The average molecular weight is 177 g/mol. The molecule has 2 heteroatoms. The molecular weight excluding hydrogens is 162 g/mol. The lowest BCUT2D eigenvalue weighted by molar-refractivity contribution is 0.267. The Morgan fingerprint density at radius 1 is 1.31 bits per heavy atom. The molecule has 0 aliphatic rings. The highest BCUT2D eigenvalue weighted by Gasteiger charge is 1.94. The van der Waals surface area contributed by atoms with Crippen LogP contribution in [0.3, 0.4) is 0 Å². The van der Waals surface area contributed by atoms with Gasteiger partial charge in [-0.3, -0.25) is 0 Å². The molecule has 0 radical (unpaired) electrons. The molecule has 0 aliphatic heterocycles. The summed E-state index contributed by atoms with van der Waals surface area (Å²) < 4.78 is 0. The molecule has 1 atom stereocenters. The third-order valence-electron chi connectivity index (χ3n) is 1.78. The van der Waals surface area contributed by atoms with Crippen molar-refractivity contribution in [2.75, 3.05) is 6.61 Å². The van der Waals surface area contributed by atoms with Gasteiger partial charge in [-0.2, -0.15) is 0 Å². The molecule has 0 bridgehead atoms. The Kier molecular flexibility index (Phi) is 4.23. The molecule has 1 unspecified atom stereocenters. The smallest absolute Gasteiger partial charge is 0.0585 e. The molecule has 3 N–H and O–H groups in total. The van der Waals surface area contributed by atoms with E-state index < -0.39 is 0 Å². The van der Waals surface area contributed by atoms with E-state index in [4.69, 9.17) is 10.8 Å². The minimum atomic E-state index is -0.139. The van der Waals surface area contributed by atoms with Crippen LogP contribution in [-0.4, -0.2) is 17.8 Å². The van der Waals surface area contributed by atoms with E-state index in [9.17, 15) is 0 Å². The maximum Gasteiger partial charge on any atom is 0.0585 e. The summed E-state index contributed by atoms with van der Waals surface area (Å²) in [6.07, 6.45) is 4.71. The lowest BCUT2D eigenvalue weighted by Crippen LogP contribution is -2.22. The van der Waals surface area contributed by atoms with E-state index in [0.29, 0.717) is 6.42 Å². The first-order valence-corrected chi connectivity index (χ1v) is 4.41. The van der Waals surface area contributed by atoms with Crippen molar-refractivity contribution in [2.45, 2.75) is 12.5 Å².